The molecule has 2 aliphatic rings. The third-order valence-electron chi connectivity index (χ3n) is 12.8. The third kappa shape index (κ3) is 15.8. The molecule has 0 radical (unpaired) electrons. The van der Waals surface area contributed by atoms with Gasteiger partial charge >= 0.3 is 37.3 Å². The number of methoxy groups -OCH3 is 2. The van der Waals surface area contributed by atoms with E-state index in [2.05, 4.69) is 4.98 Å². The van der Waals surface area contributed by atoms with Crippen molar-refractivity contribution >= 4 is 31.6 Å². The second-order valence-electron chi connectivity index (χ2n) is 19.2. The predicted molar refractivity (Wildman–Crippen MR) is 282 cm³/mol. The molecule has 6 rings (SSSR count). The summed E-state index contributed by atoms with van der Waals surface area (Å²) in [5.41, 5.74) is -0.127. The number of ether oxygens (including phenoxy) is 11. The minimum Gasteiger partial charge on any atom is -0.497 e. The molecule has 3 heterocycles. The van der Waals surface area contributed by atoms with Crippen molar-refractivity contribution in [2.24, 2.45) is 0 Å². The molecule has 24 heteroatoms. The van der Waals surface area contributed by atoms with Crippen LogP contribution in [0.1, 0.15) is 90.3 Å². The quantitative estimate of drug-likeness (QED) is 0.0239. The molecule has 1 aromatic heterocycles. The summed E-state index contributed by atoms with van der Waals surface area (Å²) in [5.74, 6) is -1.80. The van der Waals surface area contributed by atoms with Gasteiger partial charge in [0.1, 0.15) is 48.2 Å². The molecule has 0 spiro atoms. The van der Waals surface area contributed by atoms with Gasteiger partial charge < -0.3 is 52.1 Å². The highest BCUT2D eigenvalue weighted by Crippen LogP contribution is 2.57. The molecule has 1 N–H and O–H groups in total. The summed E-state index contributed by atoms with van der Waals surface area (Å²) in [6.45, 7) is 12.0. The molecule has 3 aromatic carbocycles. The van der Waals surface area contributed by atoms with Crippen LogP contribution in [0.15, 0.2) is 94.6 Å². The van der Waals surface area contributed by atoms with Crippen molar-refractivity contribution < 1.29 is 84.9 Å². The minimum atomic E-state index is -4.36. The number of carbonyl (C=O) groups is 4. The first-order valence-electron chi connectivity index (χ1n) is 25.8. The SMILES string of the molecule is COc1ccc(C(OC[C@H]2O[C@@H](n3cc(C)c(=O)[nH]c3=O)C[C@@H]2OP(=O)(OCCOCCO[C@@H]2O[C@H](COC(C)=O)[C@@H](OC(C)=O)[C@H](OC(C)=O)[C@H]2OC(C)=O)N(C(C)C)C(C)C)(c2ccccc2)c2ccc(OC)cc2)cc1. The van der Waals surface area contributed by atoms with E-state index in [0.29, 0.717) is 11.5 Å². The summed E-state index contributed by atoms with van der Waals surface area (Å²) in [4.78, 5) is 76.9. The molecule has 4 aromatic rings. The molecule has 2 aliphatic heterocycles. The molecular formula is C55H72N3O20P. The lowest BCUT2D eigenvalue weighted by Crippen LogP contribution is -2.63. The van der Waals surface area contributed by atoms with Gasteiger partial charge in [-0.15, -0.1) is 0 Å². The monoisotopic (exact) mass is 1130 g/mol. The molecule has 9 atom stereocenters. The van der Waals surface area contributed by atoms with Gasteiger partial charge in [-0.25, -0.2) is 14.0 Å². The number of H-pyrrole nitrogens is 1. The van der Waals surface area contributed by atoms with Crippen LogP contribution >= 0.6 is 7.75 Å². The fraction of sp³-hybridized carbons (Fsp3) is 0.527. The van der Waals surface area contributed by atoms with E-state index >= 15 is 4.57 Å². The molecular weight excluding hydrogens is 1050 g/mol. The van der Waals surface area contributed by atoms with Crippen LogP contribution in [0.4, 0.5) is 0 Å². The first-order chi connectivity index (χ1) is 37.6. The Morgan fingerprint density at radius 3 is 1.78 bits per heavy atom. The topological polar surface area (TPSA) is 263 Å². The molecule has 0 amide bonds. The molecule has 2 saturated heterocycles. The zero-order valence-corrected chi connectivity index (χ0v) is 47.2. The van der Waals surface area contributed by atoms with Gasteiger partial charge in [-0.1, -0.05) is 54.6 Å². The number of aromatic amines is 1. The summed E-state index contributed by atoms with van der Waals surface area (Å²) in [5, 5.41) is 0. The number of benzene rings is 3. The Bertz CT molecular complexity index is 2770. The summed E-state index contributed by atoms with van der Waals surface area (Å²) < 4.78 is 96.0. The van der Waals surface area contributed by atoms with Crippen molar-refractivity contribution in [1.82, 2.24) is 14.2 Å². The number of nitrogens with one attached hydrogen (secondary N) is 1. The lowest BCUT2D eigenvalue weighted by molar-refractivity contribution is -0.309. The molecule has 432 valence electrons. The van der Waals surface area contributed by atoms with Crippen LogP contribution in [0.3, 0.4) is 0 Å². The largest absolute Gasteiger partial charge is 0.497 e. The van der Waals surface area contributed by atoms with Crippen molar-refractivity contribution in [1.29, 1.82) is 0 Å². The number of carbonyl (C=O) groups excluding carboxylic acids is 4. The van der Waals surface area contributed by atoms with E-state index in [0.717, 1.165) is 44.4 Å². The second-order valence-corrected chi connectivity index (χ2v) is 21.1. The number of nitrogens with zero attached hydrogens (tertiary/aromatic N) is 2. The van der Waals surface area contributed by atoms with E-state index in [-0.39, 0.29) is 45.0 Å². The Kier molecular flexibility index (Phi) is 22.1. The van der Waals surface area contributed by atoms with Crippen LogP contribution in [0, 0.1) is 6.92 Å². The Balaban J connectivity index is 1.26. The first-order valence-corrected chi connectivity index (χ1v) is 27.3. The predicted octanol–water partition coefficient (Wildman–Crippen LogP) is 5.90. The normalized spacial score (nSPS) is 22.1. The van der Waals surface area contributed by atoms with Gasteiger partial charge in [0.25, 0.3) is 5.56 Å². The Morgan fingerprint density at radius 2 is 1.24 bits per heavy atom. The number of aromatic nitrogens is 2. The van der Waals surface area contributed by atoms with Gasteiger partial charge in [0.05, 0.1) is 47.3 Å². The average molecular weight is 1130 g/mol. The maximum atomic E-state index is 15.6. The molecule has 0 saturated carbocycles. The molecule has 0 aliphatic carbocycles. The van der Waals surface area contributed by atoms with E-state index in [1.807, 2.05) is 107 Å². The molecule has 23 nitrogen and oxygen atoms in total. The Labute approximate surface area is 458 Å². The van der Waals surface area contributed by atoms with E-state index in [4.69, 9.17) is 61.2 Å². The summed E-state index contributed by atoms with van der Waals surface area (Å²) in [6.07, 6.45) is -8.64. The van der Waals surface area contributed by atoms with Gasteiger partial charge in [0, 0.05) is 58.0 Å². The zero-order chi connectivity index (χ0) is 57.6. The van der Waals surface area contributed by atoms with Crippen LogP contribution in [0.25, 0.3) is 0 Å². The average Bonchev–Trinajstić information content (AvgIpc) is 3.85. The van der Waals surface area contributed by atoms with Crippen molar-refractivity contribution in [3.8, 4) is 11.5 Å². The molecule has 0 bridgehead atoms. The van der Waals surface area contributed by atoms with Gasteiger partial charge in [0.2, 0.25) is 0 Å². The lowest BCUT2D eigenvalue weighted by Gasteiger charge is -2.44. The standard InChI is InChI=1S/C55H72N3O20P/c1-33(2)58(34(3)4)79(65,72-28-26-68-25-27-69-53-51(75-39(9)62)50(74-38(8)61)49(73-37(7)60)47(77-53)31-70-36(6)59)78-45-29-48(57-30-35(5)52(63)56-54(57)64)76-46(45)32-71-55(40-15-13-12-14-16-40,41-17-21-43(66-10)22-18-41)42-19-23-44(67-11)24-20-42/h12-24,30,33-34,45-51,53H,25-29,31-32H2,1-11H3,(H,56,63,64)/t45-,46+,47+,48+,49+,50-,51+,53+,79?/m0/s1. The lowest BCUT2D eigenvalue weighted by atomic mass is 9.80. The van der Waals surface area contributed by atoms with Crippen molar-refractivity contribution in [3.05, 3.63) is 128 Å². The molecule has 79 heavy (non-hydrogen) atoms. The highest BCUT2D eigenvalue weighted by atomic mass is 31.2. The van der Waals surface area contributed by atoms with Crippen LogP contribution in [0.5, 0.6) is 11.5 Å². The fourth-order valence-electron chi connectivity index (χ4n) is 9.56. The summed E-state index contributed by atoms with van der Waals surface area (Å²) in [6, 6.07) is 23.7. The summed E-state index contributed by atoms with van der Waals surface area (Å²) >= 11 is 0. The highest BCUT2D eigenvalue weighted by molar-refractivity contribution is 7.51. The zero-order valence-electron chi connectivity index (χ0n) is 46.3. The van der Waals surface area contributed by atoms with Gasteiger partial charge in [-0.2, -0.15) is 0 Å². The second kappa shape index (κ2) is 28.2. The Morgan fingerprint density at radius 1 is 0.696 bits per heavy atom. The summed E-state index contributed by atoms with van der Waals surface area (Å²) in [7, 11) is -1.20. The van der Waals surface area contributed by atoms with Gasteiger partial charge in [-0.3, -0.25) is 42.6 Å². The maximum Gasteiger partial charge on any atom is 0.409 e. The van der Waals surface area contributed by atoms with Crippen LogP contribution in [-0.2, 0) is 81.0 Å². The van der Waals surface area contributed by atoms with Gasteiger partial charge in [-0.05, 0) is 75.6 Å². The van der Waals surface area contributed by atoms with Crippen molar-refractivity contribution in [2.75, 3.05) is 53.9 Å². The third-order valence-corrected chi connectivity index (χ3v) is 15.4. The van der Waals surface area contributed by atoms with Crippen molar-refractivity contribution in [2.45, 2.75) is 136 Å². The van der Waals surface area contributed by atoms with Crippen LogP contribution < -0.4 is 20.7 Å². The Hall–Kier alpha value is -6.27. The minimum absolute atomic E-state index is 0.0344. The van der Waals surface area contributed by atoms with E-state index in [1.165, 1.54) is 10.8 Å². The number of rotatable bonds is 27. The number of hydrogen-bond donors (Lipinski definition) is 1. The highest BCUT2D eigenvalue weighted by Gasteiger charge is 2.53. The molecule has 2 fully saturated rings. The van der Waals surface area contributed by atoms with E-state index < -0.39 is 116 Å². The fourth-order valence-corrected chi connectivity index (χ4v) is 11.9. The first kappa shape index (κ1) is 61.9. The van der Waals surface area contributed by atoms with Gasteiger partial charge in [0.15, 0.2) is 24.6 Å². The van der Waals surface area contributed by atoms with E-state index in [9.17, 15) is 28.8 Å². The van der Waals surface area contributed by atoms with Crippen molar-refractivity contribution in [3.63, 3.8) is 0 Å². The maximum absolute atomic E-state index is 15.6. The van der Waals surface area contributed by atoms with E-state index in [1.54, 1.807) is 25.8 Å². The number of esters is 4. The smallest absolute Gasteiger partial charge is 0.409 e. The molecule has 1 unspecified atom stereocenters. The van der Waals surface area contributed by atoms with Crippen LogP contribution in [-0.4, -0.2) is 147 Å². The van der Waals surface area contributed by atoms with Crippen LogP contribution in [0.2, 0.25) is 0 Å². The number of aryl methyl sites for hydroxylation is 1. The number of hydrogen-bond acceptors (Lipinski definition) is 20.